The van der Waals surface area contributed by atoms with E-state index < -0.39 is 0 Å². The molecule has 0 saturated carbocycles. The molecule has 0 aliphatic carbocycles. The topological polar surface area (TPSA) is 41.1 Å². The molecular formula is C12H18Cl2N2OS. The van der Waals surface area contributed by atoms with E-state index in [-0.39, 0.29) is 18.3 Å². The van der Waals surface area contributed by atoms with Crippen molar-refractivity contribution < 1.29 is 4.79 Å². The molecule has 18 heavy (non-hydrogen) atoms. The van der Waals surface area contributed by atoms with Crippen molar-refractivity contribution in [1.82, 2.24) is 10.6 Å². The number of nitrogens with one attached hydrogen (secondary N) is 2. The maximum atomic E-state index is 11.5. The minimum atomic E-state index is 0. The van der Waals surface area contributed by atoms with E-state index in [9.17, 15) is 4.79 Å². The fourth-order valence-corrected chi connectivity index (χ4v) is 2.29. The molecule has 0 aliphatic heterocycles. The second kappa shape index (κ2) is 10.5. The Morgan fingerprint density at radius 1 is 1.33 bits per heavy atom. The molecule has 0 aliphatic rings. The van der Waals surface area contributed by atoms with Crippen LogP contribution in [0.25, 0.3) is 0 Å². The smallest absolute Gasteiger partial charge is 0.230 e. The van der Waals surface area contributed by atoms with Crippen LogP contribution in [0.5, 0.6) is 0 Å². The van der Waals surface area contributed by atoms with Crippen molar-refractivity contribution in [1.29, 1.82) is 0 Å². The van der Waals surface area contributed by atoms with Crippen LogP contribution in [0.15, 0.2) is 29.2 Å². The summed E-state index contributed by atoms with van der Waals surface area (Å²) in [5.74, 6) is 0.434. The summed E-state index contributed by atoms with van der Waals surface area (Å²) in [4.78, 5) is 12.4. The molecule has 1 rings (SSSR count). The van der Waals surface area contributed by atoms with E-state index in [4.69, 9.17) is 11.6 Å². The van der Waals surface area contributed by atoms with Crippen LogP contribution in [0.4, 0.5) is 0 Å². The molecule has 0 aromatic heterocycles. The molecule has 0 atom stereocenters. The average molecular weight is 309 g/mol. The van der Waals surface area contributed by atoms with Crippen molar-refractivity contribution in [2.24, 2.45) is 0 Å². The molecule has 1 aromatic carbocycles. The molecule has 3 nitrogen and oxygen atoms in total. The number of likely N-dealkylation sites (N-methyl/N-ethyl adjacent to an activating group) is 1. The number of carbonyl (C=O) groups excluding carboxylic acids is 1. The Balaban J connectivity index is 0.00000289. The Labute approximate surface area is 123 Å². The first-order valence-corrected chi connectivity index (χ1v) is 6.95. The van der Waals surface area contributed by atoms with E-state index in [1.165, 1.54) is 11.8 Å². The van der Waals surface area contributed by atoms with Crippen molar-refractivity contribution in [2.45, 2.75) is 11.8 Å². The third-order valence-corrected chi connectivity index (χ3v) is 3.58. The van der Waals surface area contributed by atoms with Crippen LogP contribution >= 0.6 is 35.8 Å². The van der Waals surface area contributed by atoms with E-state index in [1.54, 1.807) is 0 Å². The van der Waals surface area contributed by atoms with Crippen molar-refractivity contribution in [3.05, 3.63) is 29.3 Å². The minimum absolute atomic E-state index is 0. The van der Waals surface area contributed by atoms with Crippen molar-refractivity contribution in [3.63, 3.8) is 0 Å². The number of rotatable bonds is 7. The summed E-state index contributed by atoms with van der Waals surface area (Å²) in [5.41, 5.74) is 0. The van der Waals surface area contributed by atoms with Crippen LogP contribution in [0.2, 0.25) is 5.02 Å². The van der Waals surface area contributed by atoms with Crippen LogP contribution in [0.1, 0.15) is 6.92 Å². The second-order valence-corrected chi connectivity index (χ2v) is 4.85. The molecule has 0 spiro atoms. The normalized spacial score (nSPS) is 9.67. The lowest BCUT2D eigenvalue weighted by molar-refractivity contribution is -0.118. The van der Waals surface area contributed by atoms with Crippen LogP contribution in [0, 0.1) is 0 Å². The number of thioether (sulfide) groups is 1. The van der Waals surface area contributed by atoms with Crippen LogP contribution < -0.4 is 10.6 Å². The van der Waals surface area contributed by atoms with Gasteiger partial charge in [-0.1, -0.05) is 30.7 Å². The third-order valence-electron chi connectivity index (χ3n) is 2.07. The highest BCUT2D eigenvalue weighted by Crippen LogP contribution is 2.25. The number of carbonyl (C=O) groups is 1. The highest BCUT2D eigenvalue weighted by atomic mass is 35.5. The Morgan fingerprint density at radius 3 is 2.72 bits per heavy atom. The second-order valence-electron chi connectivity index (χ2n) is 3.42. The van der Waals surface area contributed by atoms with Gasteiger partial charge in [0.05, 0.1) is 10.8 Å². The van der Waals surface area contributed by atoms with Gasteiger partial charge < -0.3 is 10.6 Å². The molecular weight excluding hydrogens is 291 g/mol. The molecule has 0 heterocycles. The predicted octanol–water partition coefficient (Wildman–Crippen LogP) is 2.58. The van der Waals surface area contributed by atoms with Gasteiger partial charge in [0.15, 0.2) is 0 Å². The van der Waals surface area contributed by atoms with Gasteiger partial charge in [-0.05, 0) is 18.7 Å². The first kappa shape index (κ1) is 17.6. The van der Waals surface area contributed by atoms with Crippen LogP contribution in [-0.4, -0.2) is 31.3 Å². The lowest BCUT2D eigenvalue weighted by Crippen LogP contribution is -2.32. The SMILES string of the molecule is CCNCCNC(=O)CSc1ccccc1Cl.Cl. The van der Waals surface area contributed by atoms with Gasteiger partial charge in [-0.3, -0.25) is 4.79 Å². The van der Waals surface area contributed by atoms with E-state index in [2.05, 4.69) is 10.6 Å². The van der Waals surface area contributed by atoms with Gasteiger partial charge in [-0.25, -0.2) is 0 Å². The number of hydrogen-bond donors (Lipinski definition) is 2. The quantitative estimate of drug-likeness (QED) is 0.601. The van der Waals surface area contributed by atoms with Gasteiger partial charge in [0, 0.05) is 18.0 Å². The van der Waals surface area contributed by atoms with Crippen molar-refractivity contribution in [3.8, 4) is 0 Å². The molecule has 102 valence electrons. The lowest BCUT2D eigenvalue weighted by Gasteiger charge is -2.06. The maximum Gasteiger partial charge on any atom is 0.230 e. The van der Waals surface area contributed by atoms with Gasteiger partial charge >= 0.3 is 0 Å². The largest absolute Gasteiger partial charge is 0.354 e. The van der Waals surface area contributed by atoms with E-state index >= 15 is 0 Å². The number of hydrogen-bond acceptors (Lipinski definition) is 3. The molecule has 0 bridgehead atoms. The summed E-state index contributed by atoms with van der Waals surface area (Å²) in [6, 6.07) is 7.53. The monoisotopic (exact) mass is 308 g/mol. The Hall–Kier alpha value is -0.420. The van der Waals surface area contributed by atoms with Gasteiger partial charge in [0.25, 0.3) is 0 Å². The predicted molar refractivity (Wildman–Crippen MR) is 81.0 cm³/mol. The zero-order chi connectivity index (χ0) is 12.5. The summed E-state index contributed by atoms with van der Waals surface area (Å²) < 4.78 is 0. The highest BCUT2D eigenvalue weighted by molar-refractivity contribution is 8.00. The molecule has 6 heteroatoms. The molecule has 0 radical (unpaired) electrons. The van der Waals surface area contributed by atoms with Crippen LogP contribution in [0.3, 0.4) is 0 Å². The molecule has 0 saturated heterocycles. The summed E-state index contributed by atoms with van der Waals surface area (Å²) in [5, 5.41) is 6.68. The lowest BCUT2D eigenvalue weighted by atomic mass is 10.4. The standard InChI is InChI=1S/C12H17ClN2OS.ClH/c1-2-14-7-8-15-12(16)9-17-11-6-4-3-5-10(11)13;/h3-6,14H,2,7-9H2,1H3,(H,15,16);1H. The maximum absolute atomic E-state index is 11.5. The van der Waals surface area contributed by atoms with Gasteiger partial charge in [0.1, 0.15) is 0 Å². The van der Waals surface area contributed by atoms with Gasteiger partial charge in [0.2, 0.25) is 5.91 Å². The fourth-order valence-electron chi connectivity index (χ4n) is 1.22. The summed E-state index contributed by atoms with van der Waals surface area (Å²) in [7, 11) is 0. The molecule has 0 unspecified atom stereocenters. The minimum Gasteiger partial charge on any atom is -0.354 e. The zero-order valence-corrected chi connectivity index (χ0v) is 12.6. The van der Waals surface area contributed by atoms with Gasteiger partial charge in [-0.15, -0.1) is 24.2 Å². The zero-order valence-electron chi connectivity index (χ0n) is 10.2. The summed E-state index contributed by atoms with van der Waals surface area (Å²) >= 11 is 7.45. The van der Waals surface area contributed by atoms with E-state index in [1.807, 2.05) is 31.2 Å². The summed E-state index contributed by atoms with van der Waals surface area (Å²) in [6.07, 6.45) is 0. The van der Waals surface area contributed by atoms with Gasteiger partial charge in [-0.2, -0.15) is 0 Å². The molecule has 2 N–H and O–H groups in total. The molecule has 1 amide bonds. The first-order chi connectivity index (χ1) is 8.24. The average Bonchev–Trinajstić information content (AvgIpc) is 2.34. The van der Waals surface area contributed by atoms with Crippen molar-refractivity contribution >= 4 is 41.7 Å². The Bertz CT molecular complexity index is 364. The highest BCUT2D eigenvalue weighted by Gasteiger charge is 2.04. The van der Waals surface area contributed by atoms with Crippen molar-refractivity contribution in [2.75, 3.05) is 25.4 Å². The third kappa shape index (κ3) is 7.11. The van der Waals surface area contributed by atoms with E-state index in [0.29, 0.717) is 17.3 Å². The fraction of sp³-hybridized carbons (Fsp3) is 0.417. The number of amides is 1. The number of benzene rings is 1. The first-order valence-electron chi connectivity index (χ1n) is 5.58. The number of halogens is 2. The Kier molecular flexibility index (Phi) is 10.3. The van der Waals surface area contributed by atoms with E-state index in [0.717, 1.165) is 18.0 Å². The Morgan fingerprint density at radius 2 is 2.06 bits per heavy atom. The molecule has 0 fully saturated rings. The molecule has 1 aromatic rings. The van der Waals surface area contributed by atoms with Crippen LogP contribution in [-0.2, 0) is 4.79 Å². The summed E-state index contributed by atoms with van der Waals surface area (Å²) in [6.45, 7) is 4.42.